The Morgan fingerprint density at radius 3 is 2.48 bits per heavy atom. The lowest BCUT2D eigenvalue weighted by atomic mass is 9.96. The van der Waals surface area contributed by atoms with Crippen LogP contribution in [0.15, 0.2) is 66.9 Å². The molecule has 1 aliphatic rings. The van der Waals surface area contributed by atoms with Gasteiger partial charge in [0.25, 0.3) is 5.69 Å². The lowest BCUT2D eigenvalue weighted by molar-refractivity contribution is -0.384. The molecule has 0 bridgehead atoms. The largest absolute Gasteiger partial charge is 0.494 e. The Labute approximate surface area is 249 Å². The Kier molecular flexibility index (Phi) is 7.64. The van der Waals surface area contributed by atoms with Crippen LogP contribution in [-0.4, -0.2) is 41.4 Å². The van der Waals surface area contributed by atoms with Crippen molar-refractivity contribution in [1.82, 2.24) is 14.9 Å². The molecule has 218 valence electrons. The second-order valence-electron chi connectivity index (χ2n) is 10.1. The van der Waals surface area contributed by atoms with Crippen LogP contribution >= 0.6 is 12.2 Å². The third kappa shape index (κ3) is 5.40. The molecule has 0 amide bonds. The molecule has 42 heavy (non-hydrogen) atoms. The molecule has 2 aromatic carbocycles. The molecule has 11 nitrogen and oxygen atoms in total. The lowest BCUT2D eigenvalue weighted by Crippen LogP contribution is -2.29. The molecule has 1 fully saturated rings. The number of non-ortho nitro benzene ring substituents is 1. The maximum Gasteiger partial charge on any atom is 0.273 e. The highest BCUT2D eigenvalue weighted by Crippen LogP contribution is 2.45. The predicted molar refractivity (Wildman–Crippen MR) is 166 cm³/mol. The number of methoxy groups -OCH3 is 1. The molecule has 1 saturated heterocycles. The highest BCUT2D eigenvalue weighted by atomic mass is 32.2. The molecular formula is C29H30N6O5S2. The molecule has 13 heteroatoms. The maximum absolute atomic E-state index is 11.9. The molecule has 0 radical (unpaired) electrons. The van der Waals surface area contributed by atoms with Crippen LogP contribution < -0.4 is 19.7 Å². The minimum absolute atomic E-state index is 0.0609. The number of anilines is 2. The number of thiocarbonyl (C=S) groups is 1. The SMILES string of the molecule is COc1cc([N+](=O)[O-])ccc1-n1c(C)cc([C@H]2[C@H](c3ccccn3)NC(=S)N2c2ccc(NS(C)(=O)=O)c(C)c2)c1C. The molecule has 2 aromatic heterocycles. The average Bonchev–Trinajstić information content (AvgIpc) is 3.43. The van der Waals surface area contributed by atoms with Gasteiger partial charge in [-0.15, -0.1) is 0 Å². The molecule has 0 unspecified atom stereocenters. The zero-order valence-corrected chi connectivity index (χ0v) is 25.3. The van der Waals surface area contributed by atoms with Gasteiger partial charge < -0.3 is 19.5 Å². The van der Waals surface area contributed by atoms with Crippen molar-refractivity contribution in [3.8, 4) is 11.4 Å². The summed E-state index contributed by atoms with van der Waals surface area (Å²) in [6.45, 7) is 5.79. The molecular weight excluding hydrogens is 576 g/mol. The van der Waals surface area contributed by atoms with Gasteiger partial charge in [-0.1, -0.05) is 6.07 Å². The summed E-state index contributed by atoms with van der Waals surface area (Å²) < 4.78 is 33.9. The predicted octanol–water partition coefficient (Wildman–Crippen LogP) is 5.26. The topological polar surface area (TPSA) is 132 Å². The van der Waals surface area contributed by atoms with Crippen molar-refractivity contribution in [1.29, 1.82) is 0 Å². The molecule has 5 rings (SSSR count). The van der Waals surface area contributed by atoms with E-state index in [0.29, 0.717) is 22.2 Å². The van der Waals surface area contributed by atoms with Gasteiger partial charge in [0.05, 0.1) is 53.5 Å². The van der Waals surface area contributed by atoms with Gasteiger partial charge in [-0.2, -0.15) is 0 Å². The number of aromatic nitrogens is 2. The third-order valence-electron chi connectivity index (χ3n) is 7.29. The molecule has 0 aliphatic carbocycles. The summed E-state index contributed by atoms with van der Waals surface area (Å²) in [5.74, 6) is 0.375. The first kappa shape index (κ1) is 29.0. The van der Waals surface area contributed by atoms with Crippen LogP contribution in [0.3, 0.4) is 0 Å². The zero-order valence-electron chi connectivity index (χ0n) is 23.7. The van der Waals surface area contributed by atoms with Crippen LogP contribution in [0.1, 0.15) is 40.3 Å². The van der Waals surface area contributed by atoms with Crippen LogP contribution in [-0.2, 0) is 10.0 Å². The van der Waals surface area contributed by atoms with Gasteiger partial charge in [-0.05, 0) is 86.6 Å². The number of hydrogen-bond acceptors (Lipinski definition) is 7. The number of sulfonamides is 1. The maximum atomic E-state index is 11.9. The Bertz CT molecular complexity index is 1810. The summed E-state index contributed by atoms with van der Waals surface area (Å²) in [7, 11) is -1.96. The quantitative estimate of drug-likeness (QED) is 0.157. The molecule has 2 atom stereocenters. The summed E-state index contributed by atoms with van der Waals surface area (Å²) in [6, 6.07) is 17.2. The van der Waals surface area contributed by atoms with Crippen LogP contribution in [0.2, 0.25) is 0 Å². The normalized spacial score (nSPS) is 16.8. The molecule has 1 aliphatic heterocycles. The van der Waals surface area contributed by atoms with Crippen molar-refractivity contribution in [2.45, 2.75) is 32.9 Å². The van der Waals surface area contributed by atoms with Crippen LogP contribution in [0, 0.1) is 30.9 Å². The number of hydrogen-bond donors (Lipinski definition) is 2. The number of ether oxygens (including phenoxy) is 1. The van der Waals surface area contributed by atoms with Crippen molar-refractivity contribution in [2.75, 3.05) is 23.0 Å². The number of nitro groups is 1. The second-order valence-corrected chi connectivity index (χ2v) is 12.3. The smallest absolute Gasteiger partial charge is 0.273 e. The van der Waals surface area contributed by atoms with E-state index >= 15 is 0 Å². The van der Waals surface area contributed by atoms with Crippen LogP contribution in [0.4, 0.5) is 17.1 Å². The average molecular weight is 607 g/mol. The fraction of sp³-hybridized carbons (Fsp3) is 0.241. The van der Waals surface area contributed by atoms with Crippen molar-refractivity contribution in [3.05, 3.63) is 105 Å². The fourth-order valence-corrected chi connectivity index (χ4v) is 6.46. The number of pyridine rings is 1. The molecule has 0 spiro atoms. The molecule has 4 aromatic rings. The lowest BCUT2D eigenvalue weighted by Gasteiger charge is -2.29. The van der Waals surface area contributed by atoms with Crippen LogP contribution in [0.5, 0.6) is 5.75 Å². The van der Waals surface area contributed by atoms with Crippen molar-refractivity contribution >= 4 is 44.4 Å². The molecule has 2 N–H and O–H groups in total. The van der Waals surface area contributed by atoms with Crippen LogP contribution in [0.25, 0.3) is 5.69 Å². The second kappa shape index (κ2) is 11.1. The van der Waals surface area contributed by atoms with E-state index in [1.807, 2.05) is 60.6 Å². The minimum atomic E-state index is -3.45. The summed E-state index contributed by atoms with van der Waals surface area (Å²) in [4.78, 5) is 17.6. The van der Waals surface area contributed by atoms with Gasteiger partial charge in [0, 0.05) is 29.3 Å². The highest BCUT2D eigenvalue weighted by molar-refractivity contribution is 7.92. The number of aryl methyl sites for hydroxylation is 2. The van der Waals surface area contributed by atoms with E-state index < -0.39 is 14.9 Å². The first-order valence-electron chi connectivity index (χ1n) is 13.0. The standard InChI is InChI=1S/C29H30N6O5S2/c1-17-14-20(9-11-23(17)32-42(5,38)39)34-28(27(31-29(34)41)24-8-6-7-13-30-24)22-15-18(2)33(19(22)3)25-12-10-21(35(36)37)16-26(25)40-4/h6-16,27-28,32H,1-5H3,(H,31,41)/t27-,28-/m0/s1. The van der Waals surface area contributed by atoms with Crippen molar-refractivity contribution in [3.63, 3.8) is 0 Å². The van der Waals surface area contributed by atoms with Gasteiger partial charge in [0.15, 0.2) is 5.11 Å². The van der Waals surface area contributed by atoms with E-state index in [9.17, 15) is 18.5 Å². The zero-order chi connectivity index (χ0) is 30.3. The summed E-state index contributed by atoms with van der Waals surface area (Å²) in [6.07, 6.45) is 2.85. The van der Waals surface area contributed by atoms with Gasteiger partial charge in [-0.25, -0.2) is 8.42 Å². The van der Waals surface area contributed by atoms with Crippen molar-refractivity contribution < 1.29 is 18.1 Å². The Morgan fingerprint density at radius 1 is 1.10 bits per heavy atom. The molecule has 3 heterocycles. The monoisotopic (exact) mass is 606 g/mol. The third-order valence-corrected chi connectivity index (χ3v) is 8.19. The number of nitrogens with zero attached hydrogens (tertiary/aromatic N) is 4. The fourth-order valence-electron chi connectivity index (χ4n) is 5.48. The van der Waals surface area contributed by atoms with Gasteiger partial charge in [0.2, 0.25) is 10.0 Å². The van der Waals surface area contributed by atoms with Gasteiger partial charge in [0.1, 0.15) is 5.75 Å². The van der Waals surface area contributed by atoms with E-state index in [1.54, 1.807) is 18.3 Å². The Balaban J connectivity index is 1.67. The number of rotatable bonds is 8. The summed E-state index contributed by atoms with van der Waals surface area (Å²) >= 11 is 5.88. The minimum Gasteiger partial charge on any atom is -0.494 e. The van der Waals surface area contributed by atoms with Gasteiger partial charge in [-0.3, -0.25) is 19.8 Å². The first-order valence-corrected chi connectivity index (χ1v) is 15.3. The van der Waals surface area contributed by atoms with E-state index in [4.69, 9.17) is 17.0 Å². The van der Waals surface area contributed by atoms with Crippen molar-refractivity contribution in [2.24, 2.45) is 0 Å². The van der Waals surface area contributed by atoms with E-state index in [-0.39, 0.29) is 17.8 Å². The van der Waals surface area contributed by atoms with Gasteiger partial charge >= 0.3 is 0 Å². The van der Waals surface area contributed by atoms with E-state index in [1.165, 1.54) is 19.2 Å². The number of nitro benzene ring substituents is 1. The summed E-state index contributed by atoms with van der Waals surface area (Å²) in [5.41, 5.74) is 6.18. The number of benzene rings is 2. The Morgan fingerprint density at radius 2 is 1.86 bits per heavy atom. The van der Waals surface area contributed by atoms with E-state index in [0.717, 1.165) is 40.2 Å². The Hall–Kier alpha value is -4.49. The number of nitrogens with one attached hydrogen (secondary N) is 2. The molecule has 0 saturated carbocycles. The van der Waals surface area contributed by atoms with E-state index in [2.05, 4.69) is 21.1 Å². The highest BCUT2D eigenvalue weighted by Gasteiger charge is 2.42. The first-order chi connectivity index (χ1) is 19.9. The summed E-state index contributed by atoms with van der Waals surface area (Å²) in [5, 5.41) is 15.3.